The van der Waals surface area contributed by atoms with E-state index in [1.165, 1.54) is 12.1 Å². The van der Waals surface area contributed by atoms with Crippen LogP contribution in [0.3, 0.4) is 0 Å². The van der Waals surface area contributed by atoms with Gasteiger partial charge in [0.1, 0.15) is 17.5 Å². The molecule has 0 aliphatic carbocycles. The number of hydrogen-bond donors (Lipinski definition) is 1. The van der Waals surface area contributed by atoms with Crippen molar-refractivity contribution >= 4 is 21.7 Å². The number of aromatic nitrogens is 1. The second kappa shape index (κ2) is 13.3. The Labute approximate surface area is 256 Å². The van der Waals surface area contributed by atoms with Crippen molar-refractivity contribution in [3.05, 3.63) is 58.3 Å². The standard InChI is InChI=1S/C31H41F4N5O3S/c1-19-10-29(37-44(3,42)43)36-20(2)30(19)31(41)40-16-23-14-39(15-24(23)17-40)9-6-27(22-11-25(32)13-26(33)12-22)21-4-7-38(8-5-21)18-28(34)35/h10-13,21,23-24,27-28H,4-9,14-18H2,1-3H3,(H,36,37). The maximum atomic E-state index is 14.2. The first-order chi connectivity index (χ1) is 20.8. The average Bonchev–Trinajstić information content (AvgIpc) is 3.46. The molecule has 44 heavy (non-hydrogen) atoms. The van der Waals surface area contributed by atoms with E-state index >= 15 is 0 Å². The number of alkyl halides is 2. The summed E-state index contributed by atoms with van der Waals surface area (Å²) < 4.78 is 79.8. The van der Waals surface area contributed by atoms with Gasteiger partial charge in [-0.15, -0.1) is 0 Å². The van der Waals surface area contributed by atoms with Gasteiger partial charge in [-0.2, -0.15) is 0 Å². The zero-order valence-corrected chi connectivity index (χ0v) is 26.2. The normalized spacial score (nSPS) is 22.5. The first kappa shape index (κ1) is 32.6. The van der Waals surface area contributed by atoms with Crippen LogP contribution in [-0.2, 0) is 10.0 Å². The van der Waals surface area contributed by atoms with Crippen LogP contribution in [0.2, 0.25) is 0 Å². The van der Waals surface area contributed by atoms with E-state index < -0.39 is 28.1 Å². The molecule has 3 atom stereocenters. The summed E-state index contributed by atoms with van der Waals surface area (Å²) in [6.07, 6.45) is 0.792. The summed E-state index contributed by atoms with van der Waals surface area (Å²) in [4.78, 5) is 23.8. The molecule has 2 aromatic rings. The number of nitrogens with one attached hydrogen (secondary N) is 1. The zero-order chi connectivity index (χ0) is 31.8. The van der Waals surface area contributed by atoms with E-state index in [2.05, 4.69) is 14.6 Å². The molecule has 0 radical (unpaired) electrons. The quantitative estimate of drug-likeness (QED) is 0.386. The summed E-state index contributed by atoms with van der Waals surface area (Å²) in [7, 11) is -3.49. The molecular formula is C31H41F4N5O3S. The number of piperidine rings is 1. The van der Waals surface area contributed by atoms with Crippen molar-refractivity contribution in [1.82, 2.24) is 19.7 Å². The highest BCUT2D eigenvalue weighted by Crippen LogP contribution is 2.38. The number of carbonyl (C=O) groups is 1. The van der Waals surface area contributed by atoms with Crippen molar-refractivity contribution in [2.45, 2.75) is 45.5 Å². The number of hydrogen-bond acceptors (Lipinski definition) is 6. The summed E-state index contributed by atoms with van der Waals surface area (Å²) in [5.74, 6) is -0.449. The predicted molar refractivity (Wildman–Crippen MR) is 160 cm³/mol. The molecule has 1 N–H and O–H groups in total. The van der Waals surface area contributed by atoms with Gasteiger partial charge in [0.25, 0.3) is 12.3 Å². The van der Waals surface area contributed by atoms with Gasteiger partial charge in [0, 0.05) is 32.2 Å². The summed E-state index contributed by atoms with van der Waals surface area (Å²) in [5.41, 5.74) is 2.25. The molecule has 242 valence electrons. The number of halogens is 4. The monoisotopic (exact) mass is 639 g/mol. The van der Waals surface area contributed by atoms with Gasteiger partial charge in [-0.3, -0.25) is 14.4 Å². The molecule has 0 saturated carbocycles. The van der Waals surface area contributed by atoms with E-state index in [1.807, 2.05) is 4.90 Å². The Kier molecular flexibility index (Phi) is 9.86. The maximum Gasteiger partial charge on any atom is 0.255 e. The maximum absolute atomic E-state index is 14.2. The van der Waals surface area contributed by atoms with Crippen LogP contribution >= 0.6 is 0 Å². The Morgan fingerprint density at radius 2 is 1.59 bits per heavy atom. The molecule has 1 aromatic carbocycles. The smallest absolute Gasteiger partial charge is 0.255 e. The van der Waals surface area contributed by atoms with Gasteiger partial charge >= 0.3 is 0 Å². The fourth-order valence-corrected chi connectivity index (χ4v) is 8.00. The second-order valence-electron chi connectivity index (χ2n) is 12.8. The fraction of sp³-hybridized carbons (Fsp3) is 0.613. The van der Waals surface area contributed by atoms with Gasteiger partial charge in [-0.05, 0) is 106 Å². The van der Waals surface area contributed by atoms with Gasteiger partial charge in [0.15, 0.2) is 0 Å². The summed E-state index contributed by atoms with van der Waals surface area (Å²) in [6, 6.07) is 5.26. The first-order valence-electron chi connectivity index (χ1n) is 15.2. The second-order valence-corrected chi connectivity index (χ2v) is 14.5. The minimum Gasteiger partial charge on any atom is -0.338 e. The van der Waals surface area contributed by atoms with Crippen molar-refractivity contribution in [2.24, 2.45) is 17.8 Å². The van der Waals surface area contributed by atoms with E-state index in [4.69, 9.17) is 0 Å². The number of aryl methyl sites for hydroxylation is 2. The largest absolute Gasteiger partial charge is 0.338 e. The highest BCUT2D eigenvalue weighted by atomic mass is 32.2. The highest BCUT2D eigenvalue weighted by Gasteiger charge is 2.42. The lowest BCUT2D eigenvalue weighted by atomic mass is 9.78. The SMILES string of the molecule is Cc1cc(NS(C)(=O)=O)nc(C)c1C(=O)N1CC2CN(CCC(c3cc(F)cc(F)c3)C3CCN(CC(F)F)CC3)CC2C1. The molecule has 13 heteroatoms. The topological polar surface area (TPSA) is 85.8 Å². The zero-order valence-electron chi connectivity index (χ0n) is 25.4. The number of fused-ring (bicyclic) bond motifs is 1. The summed E-state index contributed by atoms with van der Waals surface area (Å²) in [5, 5.41) is 0. The minimum absolute atomic E-state index is 0.0778. The Hall–Kier alpha value is -2.77. The van der Waals surface area contributed by atoms with E-state index in [0.29, 0.717) is 79.7 Å². The lowest BCUT2D eigenvalue weighted by Crippen LogP contribution is -2.39. The number of anilines is 1. The number of amides is 1. The molecule has 3 unspecified atom stereocenters. The van der Waals surface area contributed by atoms with E-state index in [9.17, 15) is 30.8 Å². The van der Waals surface area contributed by atoms with Crippen LogP contribution in [0.25, 0.3) is 0 Å². The Morgan fingerprint density at radius 3 is 2.14 bits per heavy atom. The van der Waals surface area contributed by atoms with Gasteiger partial charge in [0.05, 0.1) is 24.1 Å². The molecule has 3 saturated heterocycles. The molecule has 3 fully saturated rings. The van der Waals surface area contributed by atoms with E-state index in [1.54, 1.807) is 24.8 Å². The van der Waals surface area contributed by atoms with Crippen LogP contribution < -0.4 is 4.72 Å². The fourth-order valence-electron chi connectivity index (χ4n) is 7.51. The molecule has 0 spiro atoms. The van der Waals surface area contributed by atoms with Crippen LogP contribution in [0, 0.1) is 43.2 Å². The third-order valence-electron chi connectivity index (χ3n) is 9.42. The number of pyridine rings is 1. The molecule has 0 bridgehead atoms. The van der Waals surface area contributed by atoms with Gasteiger partial charge in [0.2, 0.25) is 10.0 Å². The number of benzene rings is 1. The third kappa shape index (κ3) is 7.89. The number of sulfonamides is 1. The Morgan fingerprint density at radius 1 is 0.977 bits per heavy atom. The third-order valence-corrected chi connectivity index (χ3v) is 10.00. The minimum atomic E-state index is -3.49. The molecule has 1 amide bonds. The number of carbonyl (C=O) groups excluding carboxylic acids is 1. The van der Waals surface area contributed by atoms with Gasteiger partial charge in [-0.1, -0.05) is 0 Å². The number of likely N-dealkylation sites (tertiary alicyclic amines) is 3. The van der Waals surface area contributed by atoms with Crippen LogP contribution in [0.5, 0.6) is 0 Å². The van der Waals surface area contributed by atoms with Gasteiger partial charge in [-0.25, -0.2) is 31.0 Å². The van der Waals surface area contributed by atoms with Crippen molar-refractivity contribution in [2.75, 3.05) is 63.3 Å². The summed E-state index contributed by atoms with van der Waals surface area (Å²) in [6.45, 7) is 7.94. The number of rotatable bonds is 10. The number of nitrogens with zero attached hydrogens (tertiary/aromatic N) is 4. The predicted octanol–water partition coefficient (Wildman–Crippen LogP) is 4.50. The van der Waals surface area contributed by atoms with Crippen molar-refractivity contribution < 1.29 is 30.8 Å². The summed E-state index contributed by atoms with van der Waals surface area (Å²) >= 11 is 0. The molecule has 3 aliphatic rings. The molecule has 4 heterocycles. The van der Waals surface area contributed by atoms with E-state index in [-0.39, 0.29) is 30.1 Å². The molecule has 3 aliphatic heterocycles. The van der Waals surface area contributed by atoms with E-state index in [0.717, 1.165) is 32.0 Å². The average molecular weight is 640 g/mol. The van der Waals surface area contributed by atoms with Crippen LogP contribution in [0.15, 0.2) is 24.3 Å². The van der Waals surface area contributed by atoms with Crippen molar-refractivity contribution in [3.63, 3.8) is 0 Å². The van der Waals surface area contributed by atoms with Crippen LogP contribution in [0.1, 0.15) is 52.4 Å². The highest BCUT2D eigenvalue weighted by molar-refractivity contribution is 7.92. The lowest BCUT2D eigenvalue weighted by Gasteiger charge is -2.37. The van der Waals surface area contributed by atoms with Crippen LogP contribution in [0.4, 0.5) is 23.4 Å². The van der Waals surface area contributed by atoms with Gasteiger partial charge < -0.3 is 9.80 Å². The van der Waals surface area contributed by atoms with Crippen molar-refractivity contribution in [3.8, 4) is 0 Å². The molecule has 1 aromatic heterocycles. The lowest BCUT2D eigenvalue weighted by molar-refractivity contribution is 0.0646. The first-order valence-corrected chi connectivity index (χ1v) is 17.1. The molecule has 8 nitrogen and oxygen atoms in total. The Balaban J connectivity index is 1.20. The van der Waals surface area contributed by atoms with Crippen LogP contribution in [-0.4, -0.2) is 99.0 Å². The molecular weight excluding hydrogens is 598 g/mol. The molecule has 5 rings (SSSR count). The van der Waals surface area contributed by atoms with Crippen molar-refractivity contribution in [1.29, 1.82) is 0 Å². The Bertz CT molecular complexity index is 1410.